The van der Waals surface area contributed by atoms with E-state index in [1.54, 1.807) is 24.1 Å². The van der Waals surface area contributed by atoms with Crippen molar-refractivity contribution in [3.63, 3.8) is 0 Å². The predicted molar refractivity (Wildman–Crippen MR) is 140 cm³/mol. The van der Waals surface area contributed by atoms with Crippen LogP contribution < -0.4 is 9.47 Å². The van der Waals surface area contributed by atoms with Crippen LogP contribution in [0.2, 0.25) is 0 Å². The Morgan fingerprint density at radius 3 is 2.49 bits per heavy atom. The van der Waals surface area contributed by atoms with Gasteiger partial charge in [-0.05, 0) is 66.1 Å². The van der Waals surface area contributed by atoms with Gasteiger partial charge >= 0.3 is 0 Å². The summed E-state index contributed by atoms with van der Waals surface area (Å²) in [6, 6.07) is 27.2. The molecule has 0 saturated carbocycles. The molecule has 3 aromatic carbocycles. The first-order valence-corrected chi connectivity index (χ1v) is 12.1. The van der Waals surface area contributed by atoms with Gasteiger partial charge in [-0.1, -0.05) is 54.6 Å². The summed E-state index contributed by atoms with van der Waals surface area (Å²) in [5, 5.41) is 9.43. The number of hydrogen-bond donors (Lipinski definition) is 0. The molecule has 1 amide bonds. The summed E-state index contributed by atoms with van der Waals surface area (Å²) in [7, 11) is 1.54. The molecule has 0 aromatic heterocycles. The molecule has 1 fully saturated rings. The Labute approximate surface area is 209 Å². The fourth-order valence-electron chi connectivity index (χ4n) is 3.64. The summed E-state index contributed by atoms with van der Waals surface area (Å²) in [5.41, 5.74) is 2.85. The third kappa shape index (κ3) is 6.31. The molecular weight excluding hydrogens is 458 g/mol. The van der Waals surface area contributed by atoms with Gasteiger partial charge in [0.25, 0.3) is 5.91 Å². The molecule has 0 atom stereocenters. The van der Waals surface area contributed by atoms with E-state index in [1.165, 1.54) is 17.3 Å². The highest BCUT2D eigenvalue weighted by Crippen LogP contribution is 2.36. The number of benzene rings is 3. The summed E-state index contributed by atoms with van der Waals surface area (Å²) in [5.74, 6) is 0.917. The summed E-state index contributed by atoms with van der Waals surface area (Å²) in [6.45, 7) is 0.510. The maximum Gasteiger partial charge on any atom is 0.266 e. The van der Waals surface area contributed by atoms with E-state index < -0.39 is 0 Å². The summed E-state index contributed by atoms with van der Waals surface area (Å²) in [6.07, 6.45) is 3.55. The zero-order valence-corrected chi connectivity index (χ0v) is 20.2. The molecule has 1 saturated heterocycles. The molecule has 35 heavy (non-hydrogen) atoms. The van der Waals surface area contributed by atoms with Gasteiger partial charge in [-0.25, -0.2) is 4.99 Å². The smallest absolute Gasteiger partial charge is 0.266 e. The lowest BCUT2D eigenvalue weighted by atomic mass is 10.1. The Kier molecular flexibility index (Phi) is 8.21. The van der Waals surface area contributed by atoms with Crippen LogP contribution in [0.15, 0.2) is 88.8 Å². The second-order valence-corrected chi connectivity index (χ2v) is 8.75. The monoisotopic (exact) mass is 483 g/mol. The standard InChI is InChI=1S/C28H25N3O3S/c1-33-25-19-22(14-15-24(25)34-18-16-29)20-26-27(32)31(17-8-11-21-9-4-2-5-10-21)28(35-26)30-23-12-6-3-7-13-23/h2-7,9-10,12-15,19-20H,8,11,17-18H2,1H3. The van der Waals surface area contributed by atoms with E-state index in [4.69, 9.17) is 19.7 Å². The van der Waals surface area contributed by atoms with E-state index in [0.29, 0.717) is 28.1 Å². The fraction of sp³-hybridized carbons (Fsp3) is 0.179. The van der Waals surface area contributed by atoms with Crippen LogP contribution in [0.4, 0.5) is 5.69 Å². The molecule has 0 spiro atoms. The number of amides is 1. The van der Waals surface area contributed by atoms with Crippen LogP contribution in [0.5, 0.6) is 11.5 Å². The molecule has 0 radical (unpaired) electrons. The van der Waals surface area contributed by atoms with Crippen LogP contribution in [0.1, 0.15) is 17.5 Å². The van der Waals surface area contributed by atoms with Crippen LogP contribution in [0.3, 0.4) is 0 Å². The lowest BCUT2D eigenvalue weighted by Crippen LogP contribution is -2.30. The first kappa shape index (κ1) is 24.1. The highest BCUT2D eigenvalue weighted by atomic mass is 32.2. The number of aliphatic imine (C=N–C) groups is 1. The lowest BCUT2D eigenvalue weighted by Gasteiger charge is -2.15. The molecule has 7 heteroatoms. The van der Waals surface area contributed by atoms with Crippen molar-refractivity contribution in [2.45, 2.75) is 12.8 Å². The molecule has 3 aromatic rings. The van der Waals surface area contributed by atoms with Gasteiger partial charge in [0.2, 0.25) is 0 Å². The molecule has 176 valence electrons. The number of nitrogens with zero attached hydrogens (tertiary/aromatic N) is 3. The molecule has 1 aliphatic heterocycles. The lowest BCUT2D eigenvalue weighted by molar-refractivity contribution is -0.122. The highest BCUT2D eigenvalue weighted by molar-refractivity contribution is 8.18. The van der Waals surface area contributed by atoms with Crippen LogP contribution in [0.25, 0.3) is 6.08 Å². The van der Waals surface area contributed by atoms with Gasteiger partial charge in [-0.2, -0.15) is 5.26 Å². The van der Waals surface area contributed by atoms with E-state index in [9.17, 15) is 4.79 Å². The largest absolute Gasteiger partial charge is 0.493 e. The first-order valence-electron chi connectivity index (χ1n) is 11.2. The van der Waals surface area contributed by atoms with E-state index in [2.05, 4.69) is 12.1 Å². The number of hydrogen-bond acceptors (Lipinski definition) is 6. The summed E-state index contributed by atoms with van der Waals surface area (Å²) < 4.78 is 10.8. The Morgan fingerprint density at radius 1 is 1.03 bits per heavy atom. The normalized spacial score (nSPS) is 15.4. The van der Waals surface area contributed by atoms with Gasteiger partial charge in [0.1, 0.15) is 6.07 Å². The van der Waals surface area contributed by atoms with E-state index in [0.717, 1.165) is 24.1 Å². The van der Waals surface area contributed by atoms with Crippen molar-refractivity contribution in [1.29, 1.82) is 5.26 Å². The van der Waals surface area contributed by atoms with Gasteiger partial charge < -0.3 is 9.47 Å². The van der Waals surface area contributed by atoms with Crippen LogP contribution in [0, 0.1) is 11.3 Å². The van der Waals surface area contributed by atoms with Crippen molar-refractivity contribution >= 4 is 34.6 Å². The van der Waals surface area contributed by atoms with Crippen molar-refractivity contribution in [3.8, 4) is 17.6 Å². The van der Waals surface area contributed by atoms with Crippen molar-refractivity contribution in [3.05, 3.63) is 94.9 Å². The quantitative estimate of drug-likeness (QED) is 0.358. The zero-order valence-electron chi connectivity index (χ0n) is 19.4. The van der Waals surface area contributed by atoms with Gasteiger partial charge in [-0.3, -0.25) is 9.69 Å². The number of thioether (sulfide) groups is 1. The third-order valence-electron chi connectivity index (χ3n) is 5.34. The molecule has 0 bridgehead atoms. The number of ether oxygens (including phenoxy) is 2. The zero-order chi connectivity index (χ0) is 24.5. The average Bonchev–Trinajstić information content (AvgIpc) is 3.18. The number of rotatable bonds is 9. The Hall–Kier alpha value is -4.02. The van der Waals surface area contributed by atoms with E-state index in [-0.39, 0.29) is 12.5 Å². The number of amidine groups is 1. The fourth-order valence-corrected chi connectivity index (χ4v) is 4.67. The van der Waals surface area contributed by atoms with Gasteiger partial charge in [0.05, 0.1) is 17.7 Å². The first-order chi connectivity index (χ1) is 17.2. The predicted octanol–water partition coefficient (Wildman–Crippen LogP) is 5.83. The molecule has 4 rings (SSSR count). The minimum atomic E-state index is -0.0680. The summed E-state index contributed by atoms with van der Waals surface area (Å²) in [4.78, 5) is 20.5. The molecule has 1 aliphatic rings. The molecule has 6 nitrogen and oxygen atoms in total. The van der Waals surface area contributed by atoms with Gasteiger partial charge in [0, 0.05) is 6.54 Å². The number of nitriles is 1. The van der Waals surface area contributed by atoms with Crippen LogP contribution in [-0.4, -0.2) is 36.2 Å². The number of carbonyl (C=O) groups excluding carboxylic acids is 1. The Morgan fingerprint density at radius 2 is 1.77 bits per heavy atom. The van der Waals surface area contributed by atoms with Crippen molar-refractivity contribution in [1.82, 2.24) is 4.90 Å². The Balaban J connectivity index is 1.57. The molecule has 1 heterocycles. The van der Waals surface area contributed by atoms with Crippen molar-refractivity contribution in [2.75, 3.05) is 20.3 Å². The molecular formula is C28H25N3O3S. The van der Waals surface area contributed by atoms with E-state index >= 15 is 0 Å². The van der Waals surface area contributed by atoms with Crippen LogP contribution >= 0.6 is 11.8 Å². The van der Waals surface area contributed by atoms with E-state index in [1.807, 2.05) is 66.7 Å². The summed E-state index contributed by atoms with van der Waals surface area (Å²) >= 11 is 1.37. The van der Waals surface area contributed by atoms with Crippen molar-refractivity contribution < 1.29 is 14.3 Å². The molecule has 0 aliphatic carbocycles. The minimum absolute atomic E-state index is 0.0671. The third-order valence-corrected chi connectivity index (χ3v) is 6.34. The molecule has 0 N–H and O–H groups in total. The maximum absolute atomic E-state index is 13.4. The maximum atomic E-state index is 13.4. The Bertz CT molecular complexity index is 1270. The minimum Gasteiger partial charge on any atom is -0.493 e. The van der Waals surface area contributed by atoms with Gasteiger partial charge in [-0.15, -0.1) is 0 Å². The van der Waals surface area contributed by atoms with Crippen LogP contribution in [-0.2, 0) is 11.2 Å². The highest BCUT2D eigenvalue weighted by Gasteiger charge is 2.33. The second kappa shape index (κ2) is 11.9. The topological polar surface area (TPSA) is 74.9 Å². The SMILES string of the molecule is COc1cc(C=C2SC(=Nc3ccccc3)N(CCCc3ccccc3)C2=O)ccc1OCC#N. The number of aryl methyl sites for hydroxylation is 1. The second-order valence-electron chi connectivity index (χ2n) is 7.74. The van der Waals surface area contributed by atoms with Crippen molar-refractivity contribution in [2.24, 2.45) is 4.99 Å². The molecule has 0 unspecified atom stereocenters. The number of methoxy groups -OCH3 is 1. The average molecular weight is 484 g/mol. The number of para-hydroxylation sites is 1. The van der Waals surface area contributed by atoms with Gasteiger partial charge in [0.15, 0.2) is 23.3 Å². The number of carbonyl (C=O) groups is 1.